The molecule has 126 valence electrons. The van der Waals surface area contributed by atoms with Crippen LogP contribution in [0.4, 0.5) is 0 Å². The fraction of sp³-hybridized carbons (Fsp3) is 0.421. The van der Waals surface area contributed by atoms with E-state index < -0.39 is 0 Å². The summed E-state index contributed by atoms with van der Waals surface area (Å²) in [6.45, 7) is 2.51. The number of hydrogen-bond acceptors (Lipinski definition) is 3. The van der Waals surface area contributed by atoms with Gasteiger partial charge in [-0.25, -0.2) is 4.68 Å². The molecule has 0 radical (unpaired) electrons. The molecule has 0 saturated heterocycles. The van der Waals surface area contributed by atoms with Gasteiger partial charge < -0.3 is 0 Å². The number of halogens is 1. The summed E-state index contributed by atoms with van der Waals surface area (Å²) < 4.78 is 1.37. The van der Waals surface area contributed by atoms with Crippen molar-refractivity contribution in [1.82, 2.24) is 14.8 Å². The molecule has 4 nitrogen and oxygen atoms in total. The minimum atomic E-state index is -0.162. The Labute approximate surface area is 147 Å². The second kappa shape index (κ2) is 9.89. The molecule has 0 bridgehead atoms. The highest BCUT2D eigenvalue weighted by Gasteiger charge is 2.04. The van der Waals surface area contributed by atoms with Crippen LogP contribution in [0.5, 0.6) is 0 Å². The summed E-state index contributed by atoms with van der Waals surface area (Å²) in [5.74, 6) is 6.15. The van der Waals surface area contributed by atoms with E-state index in [0.29, 0.717) is 23.0 Å². The predicted molar refractivity (Wildman–Crippen MR) is 97.9 cm³/mol. The second-order valence-corrected chi connectivity index (χ2v) is 6.03. The molecular weight excluding hydrogens is 322 g/mol. The Balaban J connectivity index is 1.95. The van der Waals surface area contributed by atoms with Crippen molar-refractivity contribution in [3.8, 4) is 23.2 Å². The van der Waals surface area contributed by atoms with Crippen molar-refractivity contribution in [2.24, 2.45) is 0 Å². The SMILES string of the molecule is CCCCCCCC#CCn1nc(-c2ccc(Cl)cn2)ccc1=O. The highest BCUT2D eigenvalue weighted by Crippen LogP contribution is 2.14. The molecule has 0 saturated carbocycles. The van der Waals surface area contributed by atoms with Crippen LogP contribution in [0.3, 0.4) is 0 Å². The Hall–Kier alpha value is -2.12. The highest BCUT2D eigenvalue weighted by atomic mass is 35.5. The second-order valence-electron chi connectivity index (χ2n) is 5.59. The third kappa shape index (κ3) is 5.82. The van der Waals surface area contributed by atoms with Crippen LogP contribution in [0.15, 0.2) is 35.3 Å². The lowest BCUT2D eigenvalue weighted by Gasteiger charge is -2.03. The lowest BCUT2D eigenvalue weighted by Crippen LogP contribution is -2.21. The molecule has 0 fully saturated rings. The standard InChI is InChI=1S/C19H22ClN3O/c1-2-3-4-5-6-7-8-9-14-23-19(24)13-12-18(22-23)17-11-10-16(20)15-21-17/h10-13,15H,2-7,14H2,1H3. The van der Waals surface area contributed by atoms with Crippen molar-refractivity contribution in [3.63, 3.8) is 0 Å². The number of rotatable bonds is 7. The van der Waals surface area contributed by atoms with Crippen molar-refractivity contribution >= 4 is 11.6 Å². The fourth-order valence-electron chi connectivity index (χ4n) is 2.26. The van der Waals surface area contributed by atoms with Gasteiger partial charge in [-0.2, -0.15) is 5.10 Å². The molecule has 0 spiro atoms. The molecule has 2 heterocycles. The first-order chi connectivity index (χ1) is 11.7. The zero-order chi connectivity index (χ0) is 17.2. The van der Waals surface area contributed by atoms with Crippen molar-refractivity contribution in [2.45, 2.75) is 52.0 Å². The minimum absolute atomic E-state index is 0.162. The summed E-state index contributed by atoms with van der Waals surface area (Å²) in [6.07, 6.45) is 8.58. The summed E-state index contributed by atoms with van der Waals surface area (Å²) in [4.78, 5) is 16.1. The van der Waals surface area contributed by atoms with E-state index in [0.717, 1.165) is 12.8 Å². The monoisotopic (exact) mass is 343 g/mol. The Bertz CT molecular complexity index is 757. The molecule has 0 aliphatic rings. The smallest absolute Gasteiger partial charge is 0.267 e. The first-order valence-corrected chi connectivity index (χ1v) is 8.74. The summed E-state index contributed by atoms with van der Waals surface area (Å²) in [6, 6.07) is 6.68. The zero-order valence-electron chi connectivity index (χ0n) is 14.0. The first kappa shape index (κ1) is 18.2. The molecule has 2 rings (SSSR count). The van der Waals surface area contributed by atoms with Gasteiger partial charge in [-0.3, -0.25) is 9.78 Å². The molecule has 0 aliphatic heterocycles. The Kier molecular flexibility index (Phi) is 7.51. The van der Waals surface area contributed by atoms with Crippen LogP contribution in [-0.2, 0) is 6.54 Å². The van der Waals surface area contributed by atoms with Gasteiger partial charge in [0, 0.05) is 18.7 Å². The summed E-state index contributed by atoms with van der Waals surface area (Å²) in [7, 11) is 0. The maximum atomic E-state index is 11.9. The molecule has 0 aromatic carbocycles. The molecular formula is C19H22ClN3O. The fourth-order valence-corrected chi connectivity index (χ4v) is 2.37. The minimum Gasteiger partial charge on any atom is -0.268 e. The number of hydrogen-bond donors (Lipinski definition) is 0. The van der Waals surface area contributed by atoms with Crippen LogP contribution < -0.4 is 5.56 Å². The van der Waals surface area contributed by atoms with E-state index >= 15 is 0 Å². The van der Waals surface area contributed by atoms with Crippen LogP contribution in [0.25, 0.3) is 11.4 Å². The quantitative estimate of drug-likeness (QED) is 0.555. The number of pyridine rings is 1. The van der Waals surface area contributed by atoms with Crippen LogP contribution in [-0.4, -0.2) is 14.8 Å². The van der Waals surface area contributed by atoms with Crippen LogP contribution in [0, 0.1) is 11.8 Å². The molecule has 0 amide bonds. The predicted octanol–water partition coefficient (Wildman–Crippen LogP) is 4.32. The van der Waals surface area contributed by atoms with Crippen molar-refractivity contribution < 1.29 is 0 Å². The Morgan fingerprint density at radius 2 is 1.83 bits per heavy atom. The molecule has 0 atom stereocenters. The number of unbranched alkanes of at least 4 members (excludes halogenated alkanes) is 5. The normalized spacial score (nSPS) is 10.2. The first-order valence-electron chi connectivity index (χ1n) is 8.36. The molecule has 0 N–H and O–H groups in total. The lowest BCUT2D eigenvalue weighted by molar-refractivity contribution is 0.639. The van der Waals surface area contributed by atoms with Gasteiger partial charge in [-0.05, 0) is 24.6 Å². The van der Waals surface area contributed by atoms with E-state index in [-0.39, 0.29) is 5.56 Å². The lowest BCUT2D eigenvalue weighted by atomic mass is 10.1. The van der Waals surface area contributed by atoms with Gasteiger partial charge in [0.1, 0.15) is 12.2 Å². The Morgan fingerprint density at radius 3 is 2.58 bits per heavy atom. The average molecular weight is 344 g/mol. The molecule has 24 heavy (non-hydrogen) atoms. The van der Waals surface area contributed by atoms with Gasteiger partial charge in [0.05, 0.1) is 10.7 Å². The van der Waals surface area contributed by atoms with Gasteiger partial charge >= 0.3 is 0 Å². The van der Waals surface area contributed by atoms with E-state index in [1.165, 1.54) is 36.4 Å². The van der Waals surface area contributed by atoms with Crippen LogP contribution in [0.2, 0.25) is 5.02 Å². The Morgan fingerprint density at radius 1 is 1.04 bits per heavy atom. The van der Waals surface area contributed by atoms with Crippen molar-refractivity contribution in [2.75, 3.05) is 0 Å². The van der Waals surface area contributed by atoms with E-state index in [1.807, 2.05) is 0 Å². The van der Waals surface area contributed by atoms with E-state index in [2.05, 4.69) is 28.8 Å². The summed E-state index contributed by atoms with van der Waals surface area (Å²) in [5.41, 5.74) is 1.15. The van der Waals surface area contributed by atoms with E-state index in [9.17, 15) is 4.79 Å². The average Bonchev–Trinajstić information content (AvgIpc) is 2.59. The molecule has 0 aliphatic carbocycles. The van der Waals surface area contributed by atoms with Gasteiger partial charge in [0.2, 0.25) is 0 Å². The highest BCUT2D eigenvalue weighted by molar-refractivity contribution is 6.30. The van der Waals surface area contributed by atoms with E-state index in [4.69, 9.17) is 11.6 Å². The van der Waals surface area contributed by atoms with Gasteiger partial charge in [-0.15, -0.1) is 5.92 Å². The van der Waals surface area contributed by atoms with Gasteiger partial charge in [-0.1, -0.05) is 50.1 Å². The summed E-state index contributed by atoms with van der Waals surface area (Å²) in [5, 5.41) is 4.89. The van der Waals surface area contributed by atoms with Crippen molar-refractivity contribution in [1.29, 1.82) is 0 Å². The molecule has 2 aromatic heterocycles. The van der Waals surface area contributed by atoms with Gasteiger partial charge in [0.15, 0.2) is 0 Å². The topological polar surface area (TPSA) is 47.8 Å². The molecule has 2 aromatic rings. The molecule has 5 heteroatoms. The maximum absolute atomic E-state index is 11.9. The summed E-state index contributed by atoms with van der Waals surface area (Å²) >= 11 is 5.84. The maximum Gasteiger partial charge on any atom is 0.267 e. The zero-order valence-corrected chi connectivity index (χ0v) is 14.7. The third-order valence-corrected chi connectivity index (χ3v) is 3.84. The van der Waals surface area contributed by atoms with Crippen LogP contribution >= 0.6 is 11.6 Å². The van der Waals surface area contributed by atoms with Gasteiger partial charge in [0.25, 0.3) is 5.56 Å². The van der Waals surface area contributed by atoms with Crippen LogP contribution in [0.1, 0.15) is 45.4 Å². The third-order valence-electron chi connectivity index (χ3n) is 3.62. The largest absolute Gasteiger partial charge is 0.268 e. The number of nitrogens with zero attached hydrogens (tertiary/aromatic N) is 3. The van der Waals surface area contributed by atoms with E-state index in [1.54, 1.807) is 24.4 Å². The number of aromatic nitrogens is 3. The van der Waals surface area contributed by atoms with Crippen molar-refractivity contribution in [3.05, 3.63) is 45.8 Å². The molecule has 0 unspecified atom stereocenters.